The van der Waals surface area contributed by atoms with Crippen LogP contribution < -0.4 is 14.8 Å². The summed E-state index contributed by atoms with van der Waals surface area (Å²) in [6.45, 7) is 3.76. The summed E-state index contributed by atoms with van der Waals surface area (Å²) in [4.78, 5) is 17.0. The highest BCUT2D eigenvalue weighted by atomic mass is 32.2. The highest BCUT2D eigenvalue weighted by Crippen LogP contribution is 2.29. The number of anilines is 1. The van der Waals surface area contributed by atoms with Gasteiger partial charge >= 0.3 is 0 Å². The number of nitrogens with zero attached hydrogens (tertiary/aromatic N) is 1. The second-order valence-electron chi connectivity index (χ2n) is 6.87. The quantitative estimate of drug-likeness (QED) is 0.605. The summed E-state index contributed by atoms with van der Waals surface area (Å²) in [6, 6.07) is 16.1. The molecule has 1 amide bonds. The molecular formula is C22H22N2O5S. The topological polar surface area (TPSA) is 94.6 Å². The number of hydrogen-bond acceptors (Lipinski definition) is 6. The largest absolute Gasteiger partial charge is 0.491 e. The Morgan fingerprint density at radius 1 is 0.967 bits per heavy atom. The summed E-state index contributed by atoms with van der Waals surface area (Å²) in [5, 5.41) is 2.73. The predicted molar refractivity (Wildman–Crippen MR) is 114 cm³/mol. The second kappa shape index (κ2) is 8.96. The minimum atomic E-state index is -3.29. The summed E-state index contributed by atoms with van der Waals surface area (Å²) < 4.78 is 34.8. The number of rotatable bonds is 7. The first-order valence-electron chi connectivity index (χ1n) is 9.23. The van der Waals surface area contributed by atoms with Gasteiger partial charge in [-0.05, 0) is 62.4 Å². The summed E-state index contributed by atoms with van der Waals surface area (Å²) in [5.41, 5.74) is 0.335. The maximum atomic E-state index is 12.7. The van der Waals surface area contributed by atoms with E-state index in [4.69, 9.17) is 9.47 Å². The van der Waals surface area contributed by atoms with Gasteiger partial charge in [-0.1, -0.05) is 6.07 Å². The molecule has 3 aromatic rings. The summed E-state index contributed by atoms with van der Waals surface area (Å²) in [7, 11) is -3.29. The van der Waals surface area contributed by atoms with E-state index in [9.17, 15) is 13.2 Å². The maximum Gasteiger partial charge on any atom is 0.257 e. The summed E-state index contributed by atoms with van der Waals surface area (Å²) in [6.07, 6.45) is 2.63. The molecule has 0 aliphatic heterocycles. The van der Waals surface area contributed by atoms with Gasteiger partial charge in [-0.15, -0.1) is 0 Å². The number of ether oxygens (including phenoxy) is 2. The van der Waals surface area contributed by atoms with E-state index in [1.165, 1.54) is 12.1 Å². The van der Waals surface area contributed by atoms with Crippen molar-refractivity contribution < 1.29 is 22.7 Å². The molecule has 0 bridgehead atoms. The molecule has 0 radical (unpaired) electrons. The van der Waals surface area contributed by atoms with Crippen LogP contribution >= 0.6 is 0 Å². The number of pyridine rings is 1. The zero-order valence-corrected chi connectivity index (χ0v) is 17.6. The molecule has 30 heavy (non-hydrogen) atoms. The van der Waals surface area contributed by atoms with Crippen molar-refractivity contribution >= 4 is 21.6 Å². The van der Waals surface area contributed by atoms with E-state index in [2.05, 4.69) is 10.3 Å². The molecule has 0 unspecified atom stereocenters. The number of benzene rings is 2. The van der Waals surface area contributed by atoms with Crippen LogP contribution in [0.1, 0.15) is 24.2 Å². The van der Waals surface area contributed by atoms with Gasteiger partial charge in [0.25, 0.3) is 5.91 Å². The van der Waals surface area contributed by atoms with Crippen LogP contribution in [-0.4, -0.2) is 31.7 Å². The van der Waals surface area contributed by atoms with E-state index in [1.807, 2.05) is 13.8 Å². The van der Waals surface area contributed by atoms with E-state index in [0.717, 1.165) is 6.26 Å². The Morgan fingerprint density at radius 3 is 2.27 bits per heavy atom. The molecule has 0 saturated heterocycles. The first kappa shape index (κ1) is 21.3. The monoisotopic (exact) mass is 426 g/mol. The van der Waals surface area contributed by atoms with Crippen LogP contribution in [0, 0.1) is 0 Å². The molecule has 0 aliphatic carbocycles. The van der Waals surface area contributed by atoms with Gasteiger partial charge in [-0.25, -0.2) is 13.4 Å². The third-order valence-corrected chi connectivity index (χ3v) is 5.04. The van der Waals surface area contributed by atoms with Crippen LogP contribution in [0.3, 0.4) is 0 Å². The number of carbonyl (C=O) groups excluding carboxylic acids is 1. The number of carbonyl (C=O) groups is 1. The Kier molecular flexibility index (Phi) is 6.37. The van der Waals surface area contributed by atoms with E-state index < -0.39 is 9.84 Å². The first-order valence-corrected chi connectivity index (χ1v) is 11.1. The van der Waals surface area contributed by atoms with Crippen LogP contribution in [0.5, 0.6) is 17.2 Å². The van der Waals surface area contributed by atoms with E-state index in [1.54, 1.807) is 54.7 Å². The average molecular weight is 426 g/mol. The van der Waals surface area contributed by atoms with Crippen LogP contribution in [-0.2, 0) is 9.84 Å². The molecule has 2 aromatic carbocycles. The Hall–Kier alpha value is -3.39. The molecule has 0 aliphatic rings. The molecule has 8 heteroatoms. The zero-order valence-electron chi connectivity index (χ0n) is 16.8. The lowest BCUT2D eigenvalue weighted by molar-refractivity contribution is 0.102. The highest BCUT2D eigenvalue weighted by Gasteiger charge is 2.13. The second-order valence-corrected chi connectivity index (χ2v) is 8.89. The molecule has 156 valence electrons. The van der Waals surface area contributed by atoms with Crippen molar-refractivity contribution in [1.82, 2.24) is 4.98 Å². The third kappa shape index (κ3) is 5.81. The van der Waals surface area contributed by atoms with Gasteiger partial charge < -0.3 is 14.8 Å². The maximum absolute atomic E-state index is 12.7. The van der Waals surface area contributed by atoms with Crippen molar-refractivity contribution in [3.63, 3.8) is 0 Å². The van der Waals surface area contributed by atoms with Gasteiger partial charge in [0, 0.05) is 24.1 Å². The fourth-order valence-corrected chi connectivity index (χ4v) is 3.25. The van der Waals surface area contributed by atoms with Crippen LogP contribution in [0.2, 0.25) is 0 Å². The van der Waals surface area contributed by atoms with Crippen molar-refractivity contribution in [2.24, 2.45) is 0 Å². The highest BCUT2D eigenvalue weighted by molar-refractivity contribution is 7.90. The summed E-state index contributed by atoms with van der Waals surface area (Å²) in [5.74, 6) is 1.35. The van der Waals surface area contributed by atoms with Crippen molar-refractivity contribution in [2.75, 3.05) is 11.6 Å². The third-order valence-electron chi connectivity index (χ3n) is 3.91. The Balaban J connectivity index is 1.87. The number of amides is 1. The Bertz CT molecular complexity index is 1130. The van der Waals surface area contributed by atoms with Crippen molar-refractivity contribution in [1.29, 1.82) is 0 Å². The standard InChI is InChI=1S/C22H22N2O5S/c1-15(2)28-18-12-16(22(25)24-21-6-4-5-11-23-21)13-19(14-18)29-17-7-9-20(10-8-17)30(3,26)27/h4-15H,1-3H3,(H,23,24,25). The number of sulfone groups is 1. The van der Waals surface area contributed by atoms with Gasteiger partial charge in [0.1, 0.15) is 23.1 Å². The molecule has 0 spiro atoms. The molecule has 0 fully saturated rings. The first-order chi connectivity index (χ1) is 14.2. The molecule has 1 N–H and O–H groups in total. The predicted octanol–water partition coefficient (Wildman–Crippen LogP) is 4.32. The van der Waals surface area contributed by atoms with Gasteiger partial charge in [-0.2, -0.15) is 0 Å². The number of nitrogens with one attached hydrogen (secondary N) is 1. The Labute approximate surface area is 175 Å². The SMILES string of the molecule is CC(C)Oc1cc(Oc2ccc(S(C)(=O)=O)cc2)cc(C(=O)Nc2ccccn2)c1. The molecule has 1 aromatic heterocycles. The van der Waals surface area contributed by atoms with E-state index >= 15 is 0 Å². The summed E-state index contributed by atoms with van der Waals surface area (Å²) >= 11 is 0. The molecule has 3 rings (SSSR count). The molecular weight excluding hydrogens is 404 g/mol. The van der Waals surface area contributed by atoms with Gasteiger partial charge in [0.15, 0.2) is 9.84 Å². The van der Waals surface area contributed by atoms with E-state index in [0.29, 0.717) is 28.6 Å². The van der Waals surface area contributed by atoms with Crippen molar-refractivity contribution in [2.45, 2.75) is 24.8 Å². The number of hydrogen-bond donors (Lipinski definition) is 1. The van der Waals surface area contributed by atoms with Crippen molar-refractivity contribution in [3.8, 4) is 17.2 Å². The zero-order chi connectivity index (χ0) is 21.7. The van der Waals surface area contributed by atoms with Gasteiger partial charge in [0.2, 0.25) is 0 Å². The lowest BCUT2D eigenvalue weighted by Gasteiger charge is -2.14. The fraction of sp³-hybridized carbons (Fsp3) is 0.182. The smallest absolute Gasteiger partial charge is 0.257 e. The number of aromatic nitrogens is 1. The van der Waals surface area contributed by atoms with Crippen LogP contribution in [0.25, 0.3) is 0 Å². The minimum Gasteiger partial charge on any atom is -0.491 e. The van der Waals surface area contributed by atoms with Crippen molar-refractivity contribution in [3.05, 3.63) is 72.4 Å². The molecule has 0 atom stereocenters. The lowest BCUT2D eigenvalue weighted by atomic mass is 10.2. The van der Waals surface area contributed by atoms with Gasteiger partial charge in [-0.3, -0.25) is 4.79 Å². The average Bonchev–Trinajstić information content (AvgIpc) is 2.68. The molecule has 0 saturated carbocycles. The Morgan fingerprint density at radius 2 is 1.67 bits per heavy atom. The lowest BCUT2D eigenvalue weighted by Crippen LogP contribution is -2.14. The van der Waals surface area contributed by atoms with Crippen LogP contribution in [0.4, 0.5) is 5.82 Å². The molecule has 1 heterocycles. The van der Waals surface area contributed by atoms with Gasteiger partial charge in [0.05, 0.1) is 11.0 Å². The molecule has 7 nitrogen and oxygen atoms in total. The van der Waals surface area contributed by atoms with E-state index in [-0.39, 0.29) is 16.9 Å². The normalized spacial score (nSPS) is 11.2. The van der Waals surface area contributed by atoms with Crippen LogP contribution in [0.15, 0.2) is 71.8 Å². The fourth-order valence-electron chi connectivity index (χ4n) is 2.62. The minimum absolute atomic E-state index is 0.0963.